The summed E-state index contributed by atoms with van der Waals surface area (Å²) in [5.41, 5.74) is 3.47. The zero-order chi connectivity index (χ0) is 15.9. The Labute approximate surface area is 129 Å². The summed E-state index contributed by atoms with van der Waals surface area (Å²) in [5.74, 6) is -0.648. The van der Waals surface area contributed by atoms with Crippen LogP contribution in [0.1, 0.15) is 23.2 Å². The number of nitrogens with zero attached hydrogens (tertiary/aromatic N) is 1. The number of rotatable bonds is 5. The van der Waals surface area contributed by atoms with Gasteiger partial charge in [-0.3, -0.25) is 14.6 Å². The van der Waals surface area contributed by atoms with Crippen molar-refractivity contribution in [3.8, 4) is 0 Å². The first-order chi connectivity index (χ1) is 10.6. The van der Waals surface area contributed by atoms with Crippen LogP contribution in [-0.2, 0) is 16.1 Å². The average Bonchev–Trinajstić information content (AvgIpc) is 2.50. The van der Waals surface area contributed by atoms with Gasteiger partial charge in [-0.05, 0) is 37.1 Å². The summed E-state index contributed by atoms with van der Waals surface area (Å²) in [4.78, 5) is 27.8. The van der Waals surface area contributed by atoms with Gasteiger partial charge in [-0.1, -0.05) is 24.3 Å². The van der Waals surface area contributed by atoms with E-state index in [4.69, 9.17) is 0 Å². The number of nitrogens with one attached hydrogen (secondary N) is 2. The highest BCUT2D eigenvalue weighted by Crippen LogP contribution is 2.19. The minimum absolute atomic E-state index is 0.208. The van der Waals surface area contributed by atoms with E-state index in [1.165, 1.54) is 0 Å². The zero-order valence-corrected chi connectivity index (χ0v) is 12.7. The van der Waals surface area contributed by atoms with Crippen LogP contribution in [0, 0.1) is 13.8 Å². The second-order valence-corrected chi connectivity index (χ2v) is 5.09. The maximum atomic E-state index is 12.0. The first-order valence-corrected chi connectivity index (χ1v) is 7.09. The van der Waals surface area contributed by atoms with E-state index in [-0.39, 0.29) is 18.2 Å². The fourth-order valence-electron chi connectivity index (χ4n) is 2.10. The monoisotopic (exact) mass is 297 g/mol. The molecule has 0 aliphatic heterocycles. The van der Waals surface area contributed by atoms with Crippen molar-refractivity contribution in [1.82, 2.24) is 10.3 Å². The number of hydrogen-bond acceptors (Lipinski definition) is 3. The highest BCUT2D eigenvalue weighted by molar-refractivity contribution is 6.04. The van der Waals surface area contributed by atoms with E-state index < -0.39 is 0 Å². The number of aryl methyl sites for hydroxylation is 2. The standard InChI is InChI=1S/C17H19N3O2/c1-12-6-5-7-13(2)17(12)20-16(22)10-15(21)19-11-14-8-3-4-9-18-14/h3-9H,10-11H2,1-2H3,(H,19,21)(H,20,22). The summed E-state index contributed by atoms with van der Waals surface area (Å²) in [6.45, 7) is 4.16. The van der Waals surface area contributed by atoms with Gasteiger partial charge in [-0.25, -0.2) is 0 Å². The van der Waals surface area contributed by atoms with Gasteiger partial charge in [0.2, 0.25) is 11.8 Å². The number of carbonyl (C=O) groups is 2. The van der Waals surface area contributed by atoms with Crippen LogP contribution >= 0.6 is 0 Å². The fourth-order valence-corrected chi connectivity index (χ4v) is 2.10. The van der Waals surface area contributed by atoms with Crippen molar-refractivity contribution in [2.24, 2.45) is 0 Å². The molecule has 0 aliphatic carbocycles. The highest BCUT2D eigenvalue weighted by atomic mass is 16.2. The maximum Gasteiger partial charge on any atom is 0.233 e. The van der Waals surface area contributed by atoms with Gasteiger partial charge in [0.1, 0.15) is 6.42 Å². The van der Waals surface area contributed by atoms with E-state index in [1.54, 1.807) is 6.20 Å². The van der Waals surface area contributed by atoms with E-state index in [0.717, 1.165) is 22.5 Å². The molecule has 0 saturated heterocycles. The quantitative estimate of drug-likeness (QED) is 0.832. The molecule has 5 heteroatoms. The molecule has 1 heterocycles. The molecule has 2 N–H and O–H groups in total. The lowest BCUT2D eigenvalue weighted by molar-refractivity contribution is -0.126. The summed E-state index contributed by atoms with van der Waals surface area (Å²) in [5, 5.41) is 5.47. The van der Waals surface area contributed by atoms with Crippen molar-refractivity contribution in [3.05, 3.63) is 59.4 Å². The number of carbonyl (C=O) groups excluding carboxylic acids is 2. The molecule has 2 rings (SSSR count). The number of amides is 2. The Kier molecular flexibility index (Phi) is 5.25. The molecule has 5 nitrogen and oxygen atoms in total. The third-order valence-corrected chi connectivity index (χ3v) is 3.26. The molecular weight excluding hydrogens is 278 g/mol. The third kappa shape index (κ3) is 4.41. The van der Waals surface area contributed by atoms with Gasteiger partial charge in [-0.15, -0.1) is 0 Å². The molecule has 2 aromatic rings. The normalized spacial score (nSPS) is 10.1. The molecule has 0 radical (unpaired) electrons. The van der Waals surface area contributed by atoms with Gasteiger partial charge in [0.05, 0.1) is 12.2 Å². The van der Waals surface area contributed by atoms with Crippen LogP contribution in [0.3, 0.4) is 0 Å². The second-order valence-electron chi connectivity index (χ2n) is 5.09. The molecule has 0 spiro atoms. The zero-order valence-electron chi connectivity index (χ0n) is 12.7. The largest absolute Gasteiger partial charge is 0.350 e. The maximum absolute atomic E-state index is 12.0. The van der Waals surface area contributed by atoms with Crippen molar-refractivity contribution in [3.63, 3.8) is 0 Å². The fraction of sp³-hybridized carbons (Fsp3) is 0.235. The Balaban J connectivity index is 1.85. The van der Waals surface area contributed by atoms with Crippen LogP contribution in [0.4, 0.5) is 5.69 Å². The van der Waals surface area contributed by atoms with E-state index in [0.29, 0.717) is 6.54 Å². The summed E-state index contributed by atoms with van der Waals surface area (Å²) in [6.07, 6.45) is 1.45. The van der Waals surface area contributed by atoms with Crippen molar-refractivity contribution in [2.45, 2.75) is 26.8 Å². The van der Waals surface area contributed by atoms with Gasteiger partial charge < -0.3 is 10.6 Å². The number of hydrogen-bond donors (Lipinski definition) is 2. The lowest BCUT2D eigenvalue weighted by Gasteiger charge is -2.11. The van der Waals surface area contributed by atoms with E-state index in [2.05, 4.69) is 15.6 Å². The number of aromatic nitrogens is 1. The molecule has 22 heavy (non-hydrogen) atoms. The number of para-hydroxylation sites is 1. The molecular formula is C17H19N3O2. The average molecular weight is 297 g/mol. The van der Waals surface area contributed by atoms with E-state index in [1.807, 2.05) is 50.2 Å². The Morgan fingerprint density at radius 2 is 1.73 bits per heavy atom. The molecule has 0 unspecified atom stereocenters. The molecule has 114 valence electrons. The van der Waals surface area contributed by atoms with E-state index in [9.17, 15) is 9.59 Å². The molecule has 0 bridgehead atoms. The molecule has 1 aromatic carbocycles. The van der Waals surface area contributed by atoms with Gasteiger partial charge >= 0.3 is 0 Å². The number of pyridine rings is 1. The molecule has 0 saturated carbocycles. The van der Waals surface area contributed by atoms with Crippen molar-refractivity contribution in [1.29, 1.82) is 0 Å². The van der Waals surface area contributed by atoms with Gasteiger partial charge in [0, 0.05) is 11.9 Å². The summed E-state index contributed by atoms with van der Waals surface area (Å²) in [7, 11) is 0. The van der Waals surface area contributed by atoms with Crippen LogP contribution in [0.5, 0.6) is 0 Å². The predicted molar refractivity (Wildman–Crippen MR) is 85.2 cm³/mol. The Hall–Kier alpha value is -2.69. The minimum atomic E-state index is -0.325. The third-order valence-electron chi connectivity index (χ3n) is 3.26. The van der Waals surface area contributed by atoms with Gasteiger partial charge in [-0.2, -0.15) is 0 Å². The van der Waals surface area contributed by atoms with Crippen molar-refractivity contribution in [2.75, 3.05) is 5.32 Å². The summed E-state index contributed by atoms with van der Waals surface area (Å²) >= 11 is 0. The first-order valence-electron chi connectivity index (χ1n) is 7.09. The van der Waals surface area contributed by atoms with Crippen LogP contribution in [0.2, 0.25) is 0 Å². The molecule has 2 amide bonds. The Morgan fingerprint density at radius 3 is 2.36 bits per heavy atom. The van der Waals surface area contributed by atoms with Crippen LogP contribution in [0.25, 0.3) is 0 Å². The predicted octanol–water partition coefficient (Wildman–Crippen LogP) is 2.34. The lowest BCUT2D eigenvalue weighted by atomic mass is 10.1. The highest BCUT2D eigenvalue weighted by Gasteiger charge is 2.11. The SMILES string of the molecule is Cc1cccc(C)c1NC(=O)CC(=O)NCc1ccccn1. The number of benzene rings is 1. The first kappa shape index (κ1) is 15.7. The van der Waals surface area contributed by atoms with E-state index >= 15 is 0 Å². The minimum Gasteiger partial charge on any atom is -0.350 e. The lowest BCUT2D eigenvalue weighted by Crippen LogP contribution is -2.28. The van der Waals surface area contributed by atoms with Crippen molar-refractivity contribution < 1.29 is 9.59 Å². The smallest absolute Gasteiger partial charge is 0.233 e. The van der Waals surface area contributed by atoms with Crippen LogP contribution in [0.15, 0.2) is 42.6 Å². The Bertz CT molecular complexity index is 649. The topological polar surface area (TPSA) is 71.1 Å². The molecule has 0 atom stereocenters. The molecule has 1 aromatic heterocycles. The van der Waals surface area contributed by atoms with Crippen molar-refractivity contribution >= 4 is 17.5 Å². The molecule has 0 aliphatic rings. The van der Waals surface area contributed by atoms with Crippen LogP contribution in [-0.4, -0.2) is 16.8 Å². The number of anilines is 1. The molecule has 0 fully saturated rings. The Morgan fingerprint density at radius 1 is 1.00 bits per heavy atom. The van der Waals surface area contributed by atoms with Gasteiger partial charge in [0.25, 0.3) is 0 Å². The second kappa shape index (κ2) is 7.36. The van der Waals surface area contributed by atoms with Gasteiger partial charge in [0.15, 0.2) is 0 Å². The summed E-state index contributed by atoms with van der Waals surface area (Å²) in [6, 6.07) is 11.2. The summed E-state index contributed by atoms with van der Waals surface area (Å²) < 4.78 is 0. The van der Waals surface area contributed by atoms with Crippen LogP contribution < -0.4 is 10.6 Å².